The molecule has 1 aromatic carbocycles. The summed E-state index contributed by atoms with van der Waals surface area (Å²) in [4.78, 5) is 10.7. The second-order valence-corrected chi connectivity index (χ2v) is 2.94. The van der Waals surface area contributed by atoms with Crippen molar-refractivity contribution in [2.24, 2.45) is 0 Å². The first-order chi connectivity index (χ1) is 7.45. The average Bonchev–Trinajstić information content (AvgIpc) is 2.25. The van der Waals surface area contributed by atoms with Crippen molar-refractivity contribution >= 4 is 11.5 Å². The second-order valence-electron chi connectivity index (χ2n) is 2.94. The van der Waals surface area contributed by atoms with E-state index in [0.717, 1.165) is 0 Å². The number of benzene rings is 1. The molecule has 86 valence electrons. The smallest absolute Gasteiger partial charge is 0.454 e. The van der Waals surface area contributed by atoms with Crippen molar-refractivity contribution in [1.82, 2.24) is 0 Å². The predicted molar refractivity (Wildman–Crippen MR) is 52.5 cm³/mol. The highest BCUT2D eigenvalue weighted by Crippen LogP contribution is 2.21. The molecule has 5 heteroatoms. The number of hydrogen-bond donors (Lipinski definition) is 0. The van der Waals surface area contributed by atoms with Gasteiger partial charge < -0.3 is 4.74 Å². The highest BCUT2D eigenvalue weighted by Gasteiger charge is 2.37. The van der Waals surface area contributed by atoms with E-state index in [1.54, 1.807) is 30.3 Å². The average molecular weight is 230 g/mol. The second kappa shape index (κ2) is 4.83. The molecule has 0 aliphatic carbocycles. The Labute approximate surface area is 90.3 Å². The Kier molecular flexibility index (Phi) is 3.71. The maximum Gasteiger partial charge on any atom is 0.454 e. The van der Waals surface area contributed by atoms with Gasteiger partial charge in [-0.2, -0.15) is 13.2 Å². The van der Waals surface area contributed by atoms with Crippen molar-refractivity contribution < 1.29 is 22.7 Å². The fourth-order valence-corrected chi connectivity index (χ4v) is 1.06. The Morgan fingerprint density at radius 3 is 2.25 bits per heavy atom. The summed E-state index contributed by atoms with van der Waals surface area (Å²) in [7, 11) is 1.21. The molecule has 16 heavy (non-hydrogen) atoms. The van der Waals surface area contributed by atoms with Crippen LogP contribution in [0.2, 0.25) is 0 Å². The van der Waals surface area contributed by atoms with Crippen LogP contribution in [0.5, 0.6) is 0 Å². The Balaban J connectivity index is 3.00. The fraction of sp³-hybridized carbons (Fsp3) is 0.182. The molecule has 0 N–H and O–H groups in total. The third kappa shape index (κ3) is 3.12. The van der Waals surface area contributed by atoms with E-state index < -0.39 is 12.0 Å². The summed E-state index contributed by atoms with van der Waals surface area (Å²) in [5.74, 6) is -2.05. The summed E-state index contributed by atoms with van der Waals surface area (Å²) in [6.45, 7) is 0. The molecular weight excluding hydrogens is 221 g/mol. The lowest BCUT2D eigenvalue weighted by Crippen LogP contribution is -2.20. The number of carbonyl (C=O) groups excluding carboxylic acids is 1. The molecule has 0 aromatic heterocycles. The molecule has 0 spiro atoms. The zero-order chi connectivity index (χ0) is 12.2. The lowest BCUT2D eigenvalue weighted by molar-refractivity contribution is -0.165. The molecule has 0 fully saturated rings. The molecule has 0 heterocycles. The van der Waals surface area contributed by atoms with E-state index in [-0.39, 0.29) is 5.76 Å². The number of methoxy groups -OCH3 is 1. The van der Waals surface area contributed by atoms with Crippen LogP contribution in [0.3, 0.4) is 0 Å². The molecule has 0 aliphatic rings. The van der Waals surface area contributed by atoms with Crippen LogP contribution in [0.25, 0.3) is 5.76 Å². The zero-order valence-corrected chi connectivity index (χ0v) is 8.41. The van der Waals surface area contributed by atoms with Crippen molar-refractivity contribution in [2.45, 2.75) is 6.18 Å². The van der Waals surface area contributed by atoms with E-state index in [1.165, 1.54) is 7.11 Å². The molecule has 0 amide bonds. The summed E-state index contributed by atoms with van der Waals surface area (Å²) in [5, 5.41) is 0. The van der Waals surface area contributed by atoms with Gasteiger partial charge in [-0.3, -0.25) is 4.79 Å². The molecule has 0 radical (unpaired) electrons. The van der Waals surface area contributed by atoms with E-state index in [2.05, 4.69) is 0 Å². The Morgan fingerprint density at radius 1 is 1.25 bits per heavy atom. The van der Waals surface area contributed by atoms with Crippen LogP contribution in [-0.4, -0.2) is 19.1 Å². The van der Waals surface area contributed by atoms with Gasteiger partial charge in [0.2, 0.25) is 0 Å². The maximum atomic E-state index is 12.0. The van der Waals surface area contributed by atoms with E-state index in [9.17, 15) is 18.0 Å². The van der Waals surface area contributed by atoms with Gasteiger partial charge in [-0.25, -0.2) is 0 Å². The largest absolute Gasteiger partial charge is 0.496 e. The molecular formula is C11H9F3O2. The van der Waals surface area contributed by atoms with Crippen molar-refractivity contribution in [3.63, 3.8) is 0 Å². The van der Waals surface area contributed by atoms with Gasteiger partial charge in [0.1, 0.15) is 5.76 Å². The van der Waals surface area contributed by atoms with Crippen molar-refractivity contribution in [3.05, 3.63) is 42.0 Å². The first kappa shape index (κ1) is 12.3. The number of alkyl halides is 3. The monoisotopic (exact) mass is 230 g/mol. The van der Waals surface area contributed by atoms with Crippen LogP contribution in [0.4, 0.5) is 13.2 Å². The van der Waals surface area contributed by atoms with Crippen LogP contribution in [0, 0.1) is 0 Å². The molecule has 1 aromatic rings. The van der Waals surface area contributed by atoms with E-state index >= 15 is 0 Å². The highest BCUT2D eigenvalue weighted by atomic mass is 19.4. The van der Waals surface area contributed by atoms with Gasteiger partial charge in [-0.1, -0.05) is 30.3 Å². The summed E-state index contributed by atoms with van der Waals surface area (Å²) in [6, 6.07) is 8.10. The van der Waals surface area contributed by atoms with Crippen molar-refractivity contribution in [1.29, 1.82) is 0 Å². The first-order valence-corrected chi connectivity index (χ1v) is 4.37. The van der Waals surface area contributed by atoms with Crippen LogP contribution in [0.1, 0.15) is 5.56 Å². The molecule has 0 aliphatic heterocycles. The predicted octanol–water partition coefficient (Wildman–Crippen LogP) is 2.81. The molecule has 1 rings (SSSR count). The lowest BCUT2D eigenvalue weighted by atomic mass is 10.1. The van der Waals surface area contributed by atoms with Crippen molar-refractivity contribution in [2.75, 3.05) is 7.11 Å². The number of ketones is 1. The molecule has 0 bridgehead atoms. The topological polar surface area (TPSA) is 26.3 Å². The SMILES string of the molecule is CO/C(=C\C(=O)C(F)(F)F)c1ccccc1. The Bertz CT molecular complexity index is 393. The van der Waals surface area contributed by atoms with Crippen LogP contribution in [-0.2, 0) is 9.53 Å². The fourth-order valence-electron chi connectivity index (χ4n) is 1.06. The summed E-state index contributed by atoms with van der Waals surface area (Å²) < 4.78 is 40.8. The first-order valence-electron chi connectivity index (χ1n) is 4.37. The minimum Gasteiger partial charge on any atom is -0.496 e. The summed E-state index contributed by atoms with van der Waals surface area (Å²) >= 11 is 0. The number of ether oxygens (including phenoxy) is 1. The molecule has 0 saturated carbocycles. The van der Waals surface area contributed by atoms with Crippen LogP contribution >= 0.6 is 0 Å². The quantitative estimate of drug-likeness (QED) is 0.589. The van der Waals surface area contributed by atoms with Crippen LogP contribution in [0.15, 0.2) is 36.4 Å². The number of rotatable bonds is 3. The standard InChI is InChI=1S/C11H9F3O2/c1-16-9(7-10(15)11(12,13)14)8-5-3-2-4-6-8/h2-7H,1H3/b9-7-. The van der Waals surface area contributed by atoms with Gasteiger partial charge in [0.25, 0.3) is 5.78 Å². The number of hydrogen-bond acceptors (Lipinski definition) is 2. The Hall–Kier alpha value is -1.78. The highest BCUT2D eigenvalue weighted by molar-refractivity contribution is 5.99. The minimum absolute atomic E-state index is 0.108. The van der Waals surface area contributed by atoms with E-state index in [1.807, 2.05) is 0 Å². The summed E-state index contributed by atoms with van der Waals surface area (Å²) in [5.41, 5.74) is 0.419. The summed E-state index contributed by atoms with van der Waals surface area (Å²) in [6.07, 6.45) is -4.44. The lowest BCUT2D eigenvalue weighted by Gasteiger charge is -2.07. The maximum absolute atomic E-state index is 12.0. The molecule has 0 unspecified atom stereocenters. The number of carbonyl (C=O) groups is 1. The van der Waals surface area contributed by atoms with Gasteiger partial charge >= 0.3 is 6.18 Å². The van der Waals surface area contributed by atoms with Gasteiger partial charge in [0, 0.05) is 11.6 Å². The normalized spacial score (nSPS) is 12.4. The van der Waals surface area contributed by atoms with E-state index in [4.69, 9.17) is 4.74 Å². The van der Waals surface area contributed by atoms with Gasteiger partial charge in [0.15, 0.2) is 0 Å². The third-order valence-electron chi connectivity index (χ3n) is 1.82. The number of halogens is 3. The van der Waals surface area contributed by atoms with E-state index in [0.29, 0.717) is 11.6 Å². The van der Waals surface area contributed by atoms with Crippen molar-refractivity contribution in [3.8, 4) is 0 Å². The number of allylic oxidation sites excluding steroid dienone is 1. The van der Waals surface area contributed by atoms with Gasteiger partial charge in [-0.05, 0) is 0 Å². The molecule has 0 saturated heterocycles. The molecule has 2 nitrogen and oxygen atoms in total. The third-order valence-corrected chi connectivity index (χ3v) is 1.82. The Morgan fingerprint density at radius 2 is 1.81 bits per heavy atom. The van der Waals surface area contributed by atoms with Crippen LogP contribution < -0.4 is 0 Å². The van der Waals surface area contributed by atoms with Gasteiger partial charge in [-0.15, -0.1) is 0 Å². The van der Waals surface area contributed by atoms with Gasteiger partial charge in [0.05, 0.1) is 7.11 Å². The minimum atomic E-state index is -4.88. The zero-order valence-electron chi connectivity index (χ0n) is 8.41. The molecule has 0 atom stereocenters.